The van der Waals surface area contributed by atoms with E-state index in [1.165, 1.54) is 0 Å². The Labute approximate surface area is 283 Å². The number of nitrogens with zero attached hydrogens (tertiary/aromatic N) is 1. The Hall–Kier alpha value is -4.36. The number of hydrogen-bond donors (Lipinski definition) is 2. The number of para-hydroxylation sites is 1. The molecular weight excluding hydrogens is 638 g/mol. The van der Waals surface area contributed by atoms with Crippen molar-refractivity contribution < 1.29 is 47.2 Å². The molecule has 1 aromatic heterocycles. The molecule has 1 aliphatic rings. The monoisotopic (exact) mass is 680 g/mol. The van der Waals surface area contributed by atoms with Crippen molar-refractivity contribution in [1.29, 1.82) is 0 Å². The third-order valence-corrected chi connectivity index (χ3v) is 8.45. The number of carbonyl (C=O) groups excluding carboxylic acids is 1. The molecule has 0 aliphatic carbocycles. The van der Waals surface area contributed by atoms with Crippen LogP contribution >= 0.6 is 0 Å². The quantitative estimate of drug-likeness (QED) is 0.101. The van der Waals surface area contributed by atoms with Crippen molar-refractivity contribution >= 4 is 22.8 Å². The highest BCUT2D eigenvalue weighted by Gasteiger charge is 2.40. The average Bonchev–Trinajstić information content (AvgIpc) is 3.45. The first kappa shape index (κ1) is 35.9. The average molecular weight is 681 g/mol. The summed E-state index contributed by atoms with van der Waals surface area (Å²) in [6.45, 7) is 4.93. The highest BCUT2D eigenvalue weighted by molar-refractivity contribution is 5.85. The molecule has 0 spiro atoms. The highest BCUT2D eigenvalue weighted by Crippen LogP contribution is 2.43. The number of carboxylic acid groups (broad SMARTS) is 1. The molecule has 262 valence electrons. The van der Waals surface area contributed by atoms with Crippen molar-refractivity contribution in [3.63, 3.8) is 0 Å². The van der Waals surface area contributed by atoms with Crippen LogP contribution in [-0.4, -0.2) is 85.8 Å². The van der Waals surface area contributed by atoms with Crippen molar-refractivity contribution in [2.45, 2.75) is 39.0 Å². The van der Waals surface area contributed by atoms with Crippen molar-refractivity contribution in [3.05, 3.63) is 101 Å². The van der Waals surface area contributed by atoms with Crippen LogP contribution in [0.3, 0.4) is 0 Å². The predicted octanol–water partition coefficient (Wildman–Crippen LogP) is 5.67. The minimum Gasteiger partial charge on any atom is -0.491 e. The summed E-state index contributed by atoms with van der Waals surface area (Å²) < 4.78 is 58.6. The fourth-order valence-corrected chi connectivity index (χ4v) is 6.00. The van der Waals surface area contributed by atoms with Crippen molar-refractivity contribution in [2.24, 2.45) is 5.92 Å². The lowest BCUT2D eigenvalue weighted by Gasteiger charge is -2.42. The van der Waals surface area contributed by atoms with E-state index in [1.807, 2.05) is 66.4 Å². The zero-order valence-electron chi connectivity index (χ0n) is 27.7. The first-order chi connectivity index (χ1) is 23.7. The maximum absolute atomic E-state index is 15.8. The van der Waals surface area contributed by atoms with Gasteiger partial charge in [-0.3, -0.25) is 9.69 Å². The van der Waals surface area contributed by atoms with E-state index >= 15 is 8.78 Å². The number of nitrogens with one attached hydrogen (secondary N) is 1. The van der Waals surface area contributed by atoms with E-state index in [2.05, 4.69) is 4.98 Å². The molecule has 2 heterocycles. The molecule has 0 saturated carbocycles. The Balaban J connectivity index is 1.08. The van der Waals surface area contributed by atoms with E-state index in [9.17, 15) is 14.7 Å². The number of aromatic amines is 1. The van der Waals surface area contributed by atoms with Gasteiger partial charge in [-0.25, -0.2) is 13.6 Å². The fourth-order valence-electron chi connectivity index (χ4n) is 6.00. The van der Waals surface area contributed by atoms with Gasteiger partial charge in [0.25, 0.3) is 0 Å². The van der Waals surface area contributed by atoms with Gasteiger partial charge < -0.3 is 33.8 Å². The summed E-state index contributed by atoms with van der Waals surface area (Å²) in [5.41, 5.74) is 3.22. The molecule has 0 saturated heterocycles. The minimum absolute atomic E-state index is 0.0178. The molecule has 0 bridgehead atoms. The molecular formula is C37H42F2N2O8. The van der Waals surface area contributed by atoms with Gasteiger partial charge in [-0.2, -0.15) is 0 Å². The summed E-state index contributed by atoms with van der Waals surface area (Å²) in [5.74, 6) is -3.73. The lowest BCUT2D eigenvalue weighted by atomic mass is 9.87. The van der Waals surface area contributed by atoms with Gasteiger partial charge in [0.1, 0.15) is 37.2 Å². The number of aliphatic carboxylic acids is 1. The van der Waals surface area contributed by atoms with Crippen molar-refractivity contribution in [2.75, 3.05) is 52.8 Å². The van der Waals surface area contributed by atoms with Crippen molar-refractivity contribution in [1.82, 2.24) is 9.88 Å². The van der Waals surface area contributed by atoms with Gasteiger partial charge in [-0.1, -0.05) is 55.5 Å². The molecule has 10 nitrogen and oxygen atoms in total. The van der Waals surface area contributed by atoms with Gasteiger partial charge in [0.05, 0.1) is 45.0 Å². The van der Waals surface area contributed by atoms with Crippen LogP contribution in [0, 0.1) is 17.6 Å². The standard InChI is InChI=1S/C37H42F2N2O8/c1-24(37(43)44)21-41-25(2)18-29-28-10-6-7-11-32(28)40-35(29)36(41)34-30(38)19-27(20-31(34)39)48-17-16-46-13-12-45-14-15-47-23-33(42)49-22-26-8-4-3-5-9-26/h3-11,19-20,24-25,36,40H,12-18,21-23H2,1-2H3,(H,43,44)/t24-,25+,36+/m0/s1. The van der Waals surface area contributed by atoms with Gasteiger partial charge in [0.2, 0.25) is 0 Å². The van der Waals surface area contributed by atoms with E-state index in [-0.39, 0.29) is 76.8 Å². The number of aromatic nitrogens is 1. The number of carbonyl (C=O) groups is 2. The molecule has 12 heteroatoms. The second-order valence-corrected chi connectivity index (χ2v) is 12.0. The molecule has 5 rings (SSSR count). The normalized spacial score (nSPS) is 16.7. The lowest BCUT2D eigenvalue weighted by molar-refractivity contribution is -0.150. The Bertz CT molecular complexity index is 1680. The van der Waals surface area contributed by atoms with Crippen LogP contribution in [0.5, 0.6) is 5.75 Å². The Morgan fingerprint density at radius 2 is 1.55 bits per heavy atom. The summed E-state index contributed by atoms with van der Waals surface area (Å²) in [6, 6.07) is 18.3. The molecule has 3 aromatic carbocycles. The number of rotatable bonds is 18. The van der Waals surface area contributed by atoms with E-state index in [0.29, 0.717) is 12.1 Å². The SMILES string of the molecule is C[C@@H]1Cc2c([nH]c3ccccc23)[C@@H](c2c(F)cc(OCCOCCOCCOCC(=O)OCc3ccccc3)cc2F)N1C[C@H](C)C(=O)O. The predicted molar refractivity (Wildman–Crippen MR) is 177 cm³/mol. The van der Waals surface area contributed by atoms with E-state index in [4.69, 9.17) is 23.7 Å². The van der Waals surface area contributed by atoms with Crippen LogP contribution in [0.4, 0.5) is 8.78 Å². The largest absolute Gasteiger partial charge is 0.491 e. The summed E-state index contributed by atoms with van der Waals surface area (Å²) in [4.78, 5) is 28.7. The summed E-state index contributed by atoms with van der Waals surface area (Å²) >= 11 is 0. The molecule has 0 radical (unpaired) electrons. The maximum Gasteiger partial charge on any atom is 0.332 e. The molecule has 49 heavy (non-hydrogen) atoms. The number of esters is 1. The number of ether oxygens (including phenoxy) is 5. The number of fused-ring (bicyclic) bond motifs is 3. The number of halogens is 2. The molecule has 0 amide bonds. The molecule has 2 N–H and O–H groups in total. The fraction of sp³-hybridized carbons (Fsp3) is 0.405. The molecule has 1 aliphatic heterocycles. The smallest absolute Gasteiger partial charge is 0.332 e. The second kappa shape index (κ2) is 17.3. The van der Waals surface area contributed by atoms with Crippen LogP contribution in [0.1, 0.15) is 42.3 Å². The van der Waals surface area contributed by atoms with Gasteiger partial charge in [-0.05, 0) is 30.5 Å². The maximum atomic E-state index is 15.8. The highest BCUT2D eigenvalue weighted by atomic mass is 19.1. The first-order valence-electron chi connectivity index (χ1n) is 16.4. The second-order valence-electron chi connectivity index (χ2n) is 12.0. The summed E-state index contributed by atoms with van der Waals surface area (Å²) in [7, 11) is 0. The van der Waals surface area contributed by atoms with Crippen LogP contribution in [0.25, 0.3) is 10.9 Å². The topological polar surface area (TPSA) is 120 Å². The zero-order chi connectivity index (χ0) is 34.8. The third-order valence-electron chi connectivity index (χ3n) is 8.45. The number of hydrogen-bond acceptors (Lipinski definition) is 8. The third kappa shape index (κ3) is 9.42. The van der Waals surface area contributed by atoms with Gasteiger partial charge in [-0.15, -0.1) is 0 Å². The van der Waals surface area contributed by atoms with Gasteiger partial charge in [0.15, 0.2) is 0 Å². The molecule has 0 unspecified atom stereocenters. The first-order valence-corrected chi connectivity index (χ1v) is 16.4. The number of H-pyrrole nitrogens is 1. The Morgan fingerprint density at radius 3 is 2.24 bits per heavy atom. The van der Waals surface area contributed by atoms with E-state index in [0.717, 1.165) is 34.2 Å². The van der Waals surface area contributed by atoms with Crippen LogP contribution in [0.2, 0.25) is 0 Å². The summed E-state index contributed by atoms with van der Waals surface area (Å²) in [5, 5.41) is 10.6. The summed E-state index contributed by atoms with van der Waals surface area (Å²) in [6.07, 6.45) is 0.609. The Kier molecular flexibility index (Phi) is 12.7. The van der Waals surface area contributed by atoms with Gasteiger partial charge >= 0.3 is 11.9 Å². The van der Waals surface area contributed by atoms with Crippen molar-refractivity contribution in [3.8, 4) is 5.75 Å². The molecule has 4 aromatic rings. The minimum atomic E-state index is -0.977. The van der Waals surface area contributed by atoms with E-state index < -0.39 is 35.5 Å². The molecule has 0 fully saturated rings. The van der Waals surface area contributed by atoms with Crippen LogP contribution in [-0.2, 0) is 41.6 Å². The zero-order valence-corrected chi connectivity index (χ0v) is 27.7. The number of carboxylic acids is 1. The number of benzene rings is 3. The van der Waals surface area contributed by atoms with Crippen LogP contribution < -0.4 is 4.74 Å². The van der Waals surface area contributed by atoms with E-state index in [1.54, 1.807) is 6.92 Å². The van der Waals surface area contributed by atoms with Gasteiger partial charge in [0, 0.05) is 46.9 Å². The Morgan fingerprint density at radius 1 is 0.918 bits per heavy atom. The lowest BCUT2D eigenvalue weighted by Crippen LogP contribution is -2.46. The molecule has 3 atom stereocenters. The van der Waals surface area contributed by atoms with Crippen LogP contribution in [0.15, 0.2) is 66.7 Å².